The van der Waals surface area contributed by atoms with E-state index in [1.54, 1.807) is 12.1 Å². The van der Waals surface area contributed by atoms with Crippen LogP contribution in [0.2, 0.25) is 0 Å². The number of hydrogen-bond donors (Lipinski definition) is 3. The van der Waals surface area contributed by atoms with Gasteiger partial charge in [-0.15, -0.1) is 0 Å². The second-order valence-electron chi connectivity index (χ2n) is 6.29. The van der Waals surface area contributed by atoms with Crippen molar-refractivity contribution in [3.05, 3.63) is 76.1 Å². The summed E-state index contributed by atoms with van der Waals surface area (Å²) in [6.07, 6.45) is -0.413. The minimum atomic E-state index is -1.15. The molecule has 1 aliphatic rings. The van der Waals surface area contributed by atoms with E-state index >= 15 is 0 Å². The highest BCUT2D eigenvalue weighted by molar-refractivity contribution is 6.30. The van der Waals surface area contributed by atoms with Crippen LogP contribution in [-0.2, 0) is 11.2 Å². The molecule has 3 aromatic rings. The number of aliphatic carboxylic acids is 1. The van der Waals surface area contributed by atoms with Gasteiger partial charge in [-0.05, 0) is 17.7 Å². The van der Waals surface area contributed by atoms with Crippen molar-refractivity contribution in [1.29, 1.82) is 0 Å². The van der Waals surface area contributed by atoms with E-state index in [2.05, 4.69) is 0 Å². The lowest BCUT2D eigenvalue weighted by molar-refractivity contribution is -0.136. The summed E-state index contributed by atoms with van der Waals surface area (Å²) in [5.41, 5.74) is -0.827. The first kappa shape index (κ1) is 17.5. The fraction of sp³-hybridized carbons (Fsp3) is 0.0500. The zero-order chi connectivity index (χ0) is 20.2. The predicted octanol–water partition coefficient (Wildman–Crippen LogP) is 2.43. The van der Waals surface area contributed by atoms with Gasteiger partial charge >= 0.3 is 5.97 Å². The number of carboxylic acid groups (broad SMARTS) is 1. The van der Waals surface area contributed by atoms with Crippen molar-refractivity contribution in [2.45, 2.75) is 6.42 Å². The van der Waals surface area contributed by atoms with Crippen LogP contribution < -0.4 is 0 Å². The molecule has 28 heavy (non-hydrogen) atoms. The van der Waals surface area contributed by atoms with Gasteiger partial charge in [0.05, 0.1) is 23.2 Å². The van der Waals surface area contributed by atoms with Gasteiger partial charge in [0, 0.05) is 11.1 Å². The second kappa shape index (κ2) is 6.05. The Bertz CT molecular complexity index is 1140. The lowest BCUT2D eigenvalue weighted by atomic mass is 9.86. The number of halogens is 1. The first-order valence-corrected chi connectivity index (χ1v) is 8.17. The third-order valence-corrected chi connectivity index (χ3v) is 4.60. The standard InChI is InChI=1S/C20H12FNO6/c21-12-7-9(8-14(23)24)5-6-13(12)22-19(27)15-16(20(22)28)18(26)11-4-2-1-3-10(11)17(15)25/h1-7,27-28H,8H2,(H,23,24). The van der Waals surface area contributed by atoms with Crippen LogP contribution in [0.1, 0.15) is 37.4 Å². The molecule has 7 nitrogen and oxygen atoms in total. The minimum absolute atomic E-state index is 0.0738. The van der Waals surface area contributed by atoms with Crippen molar-refractivity contribution < 1.29 is 34.1 Å². The Morgan fingerprint density at radius 2 is 1.46 bits per heavy atom. The zero-order valence-electron chi connectivity index (χ0n) is 14.1. The predicted molar refractivity (Wildman–Crippen MR) is 93.7 cm³/mol. The molecule has 8 heteroatoms. The first-order chi connectivity index (χ1) is 13.3. The van der Waals surface area contributed by atoms with Gasteiger partial charge in [0.15, 0.2) is 11.6 Å². The van der Waals surface area contributed by atoms with Crippen LogP contribution in [0.5, 0.6) is 11.8 Å². The fourth-order valence-corrected chi connectivity index (χ4v) is 3.37. The summed E-state index contributed by atoms with van der Waals surface area (Å²) in [7, 11) is 0. The van der Waals surface area contributed by atoms with Crippen molar-refractivity contribution in [3.63, 3.8) is 0 Å². The number of aromatic hydroxyl groups is 2. The normalized spacial score (nSPS) is 12.6. The molecule has 1 aliphatic carbocycles. The van der Waals surface area contributed by atoms with Gasteiger partial charge < -0.3 is 15.3 Å². The molecular formula is C20H12FNO6. The Labute approximate surface area is 156 Å². The number of rotatable bonds is 3. The van der Waals surface area contributed by atoms with E-state index in [0.29, 0.717) is 4.57 Å². The van der Waals surface area contributed by atoms with Crippen LogP contribution in [0.4, 0.5) is 4.39 Å². The summed E-state index contributed by atoms with van der Waals surface area (Å²) in [5.74, 6) is -4.97. The lowest BCUT2D eigenvalue weighted by Crippen LogP contribution is -2.19. The summed E-state index contributed by atoms with van der Waals surface area (Å²) in [5, 5.41) is 29.9. The molecule has 0 aliphatic heterocycles. The number of benzene rings is 2. The molecule has 0 fully saturated rings. The summed E-state index contributed by atoms with van der Waals surface area (Å²) < 4.78 is 15.2. The quantitative estimate of drug-likeness (QED) is 0.502. The summed E-state index contributed by atoms with van der Waals surface area (Å²) >= 11 is 0. The Morgan fingerprint density at radius 1 is 0.929 bits per heavy atom. The number of fused-ring (bicyclic) bond motifs is 2. The molecule has 0 atom stereocenters. The van der Waals surface area contributed by atoms with Gasteiger partial charge in [0.1, 0.15) is 5.82 Å². The summed E-state index contributed by atoms with van der Waals surface area (Å²) in [6, 6.07) is 9.37. The second-order valence-corrected chi connectivity index (χ2v) is 6.29. The molecule has 0 bridgehead atoms. The van der Waals surface area contributed by atoms with Crippen LogP contribution >= 0.6 is 0 Å². The number of ketones is 2. The van der Waals surface area contributed by atoms with Crippen molar-refractivity contribution in [1.82, 2.24) is 4.57 Å². The van der Waals surface area contributed by atoms with Crippen LogP contribution in [0.3, 0.4) is 0 Å². The molecular weight excluding hydrogens is 369 g/mol. The van der Waals surface area contributed by atoms with Crippen LogP contribution in [0.25, 0.3) is 5.69 Å². The van der Waals surface area contributed by atoms with Gasteiger partial charge in [-0.3, -0.25) is 14.4 Å². The van der Waals surface area contributed by atoms with E-state index in [4.69, 9.17) is 5.11 Å². The molecule has 1 heterocycles. The maximum absolute atomic E-state index is 14.6. The van der Waals surface area contributed by atoms with Crippen molar-refractivity contribution >= 4 is 17.5 Å². The highest BCUT2D eigenvalue weighted by Crippen LogP contribution is 2.42. The molecule has 0 saturated carbocycles. The van der Waals surface area contributed by atoms with E-state index in [9.17, 15) is 29.0 Å². The third kappa shape index (κ3) is 2.38. The minimum Gasteiger partial charge on any atom is -0.494 e. The highest BCUT2D eigenvalue weighted by atomic mass is 19.1. The maximum atomic E-state index is 14.6. The van der Waals surface area contributed by atoms with Gasteiger partial charge in [0.2, 0.25) is 11.8 Å². The fourth-order valence-electron chi connectivity index (χ4n) is 3.37. The van der Waals surface area contributed by atoms with E-state index in [0.717, 1.165) is 12.1 Å². The number of carbonyl (C=O) groups excluding carboxylic acids is 2. The van der Waals surface area contributed by atoms with Gasteiger partial charge in [-0.1, -0.05) is 30.3 Å². The monoisotopic (exact) mass is 381 g/mol. The Balaban J connectivity index is 1.92. The molecule has 0 radical (unpaired) electrons. The lowest BCUT2D eigenvalue weighted by Gasteiger charge is -2.13. The van der Waals surface area contributed by atoms with E-state index in [-0.39, 0.29) is 22.4 Å². The largest absolute Gasteiger partial charge is 0.494 e. The highest BCUT2D eigenvalue weighted by Gasteiger charge is 2.39. The number of carboxylic acids is 1. The van der Waals surface area contributed by atoms with Crippen LogP contribution in [0, 0.1) is 5.82 Å². The van der Waals surface area contributed by atoms with Crippen molar-refractivity contribution in [2.75, 3.05) is 0 Å². The van der Waals surface area contributed by atoms with E-state index in [1.807, 2.05) is 0 Å². The Kier molecular flexibility index (Phi) is 3.78. The molecule has 0 unspecified atom stereocenters. The van der Waals surface area contributed by atoms with Crippen LogP contribution in [0.15, 0.2) is 42.5 Å². The molecule has 4 rings (SSSR count). The number of carbonyl (C=O) groups is 3. The van der Waals surface area contributed by atoms with E-state index in [1.165, 1.54) is 18.2 Å². The van der Waals surface area contributed by atoms with E-state index < -0.39 is 52.7 Å². The zero-order valence-corrected chi connectivity index (χ0v) is 14.1. The number of nitrogens with zero attached hydrogens (tertiary/aromatic N) is 1. The molecule has 1 aromatic heterocycles. The van der Waals surface area contributed by atoms with Crippen molar-refractivity contribution in [3.8, 4) is 17.4 Å². The summed E-state index contributed by atoms with van der Waals surface area (Å²) in [6.45, 7) is 0. The van der Waals surface area contributed by atoms with Crippen LogP contribution in [-0.4, -0.2) is 37.4 Å². The Morgan fingerprint density at radius 3 is 1.93 bits per heavy atom. The van der Waals surface area contributed by atoms with Gasteiger partial charge in [-0.25, -0.2) is 8.96 Å². The topological polar surface area (TPSA) is 117 Å². The third-order valence-electron chi connectivity index (χ3n) is 4.60. The van der Waals surface area contributed by atoms with Crippen molar-refractivity contribution in [2.24, 2.45) is 0 Å². The van der Waals surface area contributed by atoms with Gasteiger partial charge in [0.25, 0.3) is 0 Å². The smallest absolute Gasteiger partial charge is 0.307 e. The molecule has 2 aromatic carbocycles. The molecule has 140 valence electrons. The molecule has 0 saturated heterocycles. The SMILES string of the molecule is O=C(O)Cc1ccc(-n2c(O)c3c(c2O)C(=O)c2ccccc2C3=O)c(F)c1. The van der Waals surface area contributed by atoms with Gasteiger partial charge in [-0.2, -0.15) is 0 Å². The average Bonchev–Trinajstić information content (AvgIpc) is 2.91. The number of hydrogen-bond acceptors (Lipinski definition) is 5. The molecule has 0 amide bonds. The molecule has 3 N–H and O–H groups in total. The number of aromatic nitrogens is 1. The Hall–Kier alpha value is -3.94. The maximum Gasteiger partial charge on any atom is 0.307 e. The first-order valence-electron chi connectivity index (χ1n) is 8.17. The average molecular weight is 381 g/mol. The summed E-state index contributed by atoms with van der Waals surface area (Å²) in [4.78, 5) is 36.2. The molecule has 0 spiro atoms.